The molecule has 1 saturated heterocycles. The molecular formula is C21H33N3O2. The number of amides is 2. The molecule has 0 spiro atoms. The van der Waals surface area contributed by atoms with Crippen molar-refractivity contribution in [1.82, 2.24) is 15.5 Å². The van der Waals surface area contributed by atoms with Crippen molar-refractivity contribution in [1.29, 1.82) is 0 Å². The first kappa shape index (κ1) is 20.4. The molecule has 5 heteroatoms. The van der Waals surface area contributed by atoms with Crippen LogP contribution in [0.5, 0.6) is 0 Å². The van der Waals surface area contributed by atoms with E-state index in [9.17, 15) is 9.59 Å². The van der Waals surface area contributed by atoms with E-state index in [2.05, 4.69) is 17.6 Å². The highest BCUT2D eigenvalue weighted by Gasteiger charge is 2.21. The predicted molar refractivity (Wildman–Crippen MR) is 105 cm³/mol. The Morgan fingerprint density at radius 3 is 2.35 bits per heavy atom. The summed E-state index contributed by atoms with van der Waals surface area (Å²) in [4.78, 5) is 26.3. The summed E-state index contributed by atoms with van der Waals surface area (Å²) in [5.74, 6) is 1.24. The van der Waals surface area contributed by atoms with Crippen LogP contribution in [-0.2, 0) is 11.3 Å². The molecule has 1 aromatic carbocycles. The molecule has 0 bridgehead atoms. The van der Waals surface area contributed by atoms with Crippen LogP contribution in [-0.4, -0.2) is 42.9 Å². The Morgan fingerprint density at radius 2 is 1.77 bits per heavy atom. The summed E-state index contributed by atoms with van der Waals surface area (Å²) in [6.45, 7) is 10.2. The third-order valence-electron chi connectivity index (χ3n) is 5.44. The van der Waals surface area contributed by atoms with Crippen LogP contribution < -0.4 is 10.6 Å². The minimum Gasteiger partial charge on any atom is -0.352 e. The number of nitrogens with one attached hydrogen (secondary N) is 2. The molecule has 0 saturated carbocycles. The van der Waals surface area contributed by atoms with Crippen LogP contribution in [0, 0.1) is 11.8 Å². The Hall–Kier alpha value is -1.88. The van der Waals surface area contributed by atoms with Crippen molar-refractivity contribution >= 4 is 11.8 Å². The number of carbonyl (C=O) groups is 2. The Labute approximate surface area is 157 Å². The van der Waals surface area contributed by atoms with Crippen LogP contribution in [0.25, 0.3) is 0 Å². The van der Waals surface area contributed by atoms with E-state index in [0.717, 1.165) is 31.5 Å². The molecule has 26 heavy (non-hydrogen) atoms. The van der Waals surface area contributed by atoms with Gasteiger partial charge in [0, 0.05) is 31.6 Å². The molecule has 1 aromatic rings. The molecule has 2 amide bonds. The average Bonchev–Trinajstić information content (AvgIpc) is 2.68. The highest BCUT2D eigenvalue weighted by molar-refractivity contribution is 5.94. The number of piperidine rings is 1. The highest BCUT2D eigenvalue weighted by atomic mass is 16.2. The fourth-order valence-corrected chi connectivity index (χ4v) is 3.60. The second-order valence-corrected chi connectivity index (χ2v) is 7.22. The molecule has 144 valence electrons. The normalized spacial score (nSPS) is 16.1. The van der Waals surface area contributed by atoms with Crippen LogP contribution in [0.4, 0.5) is 0 Å². The number of carbonyl (C=O) groups excluding carboxylic acids is 2. The Balaban J connectivity index is 1.79. The van der Waals surface area contributed by atoms with Gasteiger partial charge < -0.3 is 15.5 Å². The Morgan fingerprint density at radius 1 is 1.15 bits per heavy atom. The molecule has 1 heterocycles. The lowest BCUT2D eigenvalue weighted by molar-refractivity contribution is -0.122. The lowest BCUT2D eigenvalue weighted by Crippen LogP contribution is -2.33. The maximum absolute atomic E-state index is 12.3. The van der Waals surface area contributed by atoms with Gasteiger partial charge in [-0.2, -0.15) is 0 Å². The molecule has 2 rings (SSSR count). The maximum Gasteiger partial charge on any atom is 0.253 e. The van der Waals surface area contributed by atoms with E-state index in [0.29, 0.717) is 43.5 Å². The summed E-state index contributed by atoms with van der Waals surface area (Å²) in [6.07, 6.45) is 2.91. The number of hydrogen-bond donors (Lipinski definition) is 2. The van der Waals surface area contributed by atoms with Gasteiger partial charge in [0.2, 0.25) is 5.91 Å². The smallest absolute Gasteiger partial charge is 0.253 e. The topological polar surface area (TPSA) is 61.4 Å². The molecule has 0 radical (unpaired) electrons. The van der Waals surface area contributed by atoms with Gasteiger partial charge in [-0.15, -0.1) is 0 Å². The second-order valence-electron chi connectivity index (χ2n) is 7.22. The number of benzene rings is 1. The quantitative estimate of drug-likeness (QED) is 0.750. The molecule has 0 aliphatic carbocycles. The van der Waals surface area contributed by atoms with Gasteiger partial charge >= 0.3 is 0 Å². The van der Waals surface area contributed by atoms with E-state index in [1.807, 2.05) is 38.1 Å². The summed E-state index contributed by atoms with van der Waals surface area (Å²) < 4.78 is 0. The number of nitrogens with zero attached hydrogens (tertiary/aromatic N) is 1. The van der Waals surface area contributed by atoms with Gasteiger partial charge in [0.25, 0.3) is 5.91 Å². The Bertz CT molecular complexity index is 575. The van der Waals surface area contributed by atoms with Gasteiger partial charge in [0.15, 0.2) is 0 Å². The lowest BCUT2D eigenvalue weighted by Gasteiger charge is -2.27. The van der Waals surface area contributed by atoms with E-state index < -0.39 is 0 Å². The SMILES string of the molecule is CCN(CC)C(=O)c1ccc(CNC(=O)CC(C)C2CCNCC2)cc1. The molecule has 1 unspecified atom stereocenters. The van der Waals surface area contributed by atoms with Crippen molar-refractivity contribution in [2.75, 3.05) is 26.2 Å². The van der Waals surface area contributed by atoms with E-state index in [-0.39, 0.29) is 11.8 Å². The van der Waals surface area contributed by atoms with Gasteiger partial charge in [0.05, 0.1) is 0 Å². The molecule has 0 aromatic heterocycles. The van der Waals surface area contributed by atoms with Crippen LogP contribution in [0.1, 0.15) is 56.0 Å². The number of hydrogen-bond acceptors (Lipinski definition) is 3. The molecule has 2 N–H and O–H groups in total. The van der Waals surface area contributed by atoms with Crippen molar-refractivity contribution < 1.29 is 9.59 Å². The van der Waals surface area contributed by atoms with Crippen LogP contribution in [0.3, 0.4) is 0 Å². The van der Waals surface area contributed by atoms with E-state index in [1.54, 1.807) is 4.90 Å². The van der Waals surface area contributed by atoms with Crippen LogP contribution in [0.15, 0.2) is 24.3 Å². The van der Waals surface area contributed by atoms with E-state index >= 15 is 0 Å². The van der Waals surface area contributed by atoms with E-state index in [4.69, 9.17) is 0 Å². The molecule has 1 fully saturated rings. The van der Waals surface area contributed by atoms with Gasteiger partial charge in [-0.25, -0.2) is 0 Å². The zero-order valence-corrected chi connectivity index (χ0v) is 16.4. The van der Waals surface area contributed by atoms with Crippen molar-refractivity contribution in [3.63, 3.8) is 0 Å². The van der Waals surface area contributed by atoms with Gasteiger partial charge in [-0.05, 0) is 69.3 Å². The molecule has 1 aliphatic rings. The van der Waals surface area contributed by atoms with Crippen molar-refractivity contribution in [2.24, 2.45) is 11.8 Å². The van der Waals surface area contributed by atoms with Gasteiger partial charge in [-0.1, -0.05) is 19.1 Å². The monoisotopic (exact) mass is 359 g/mol. The summed E-state index contributed by atoms with van der Waals surface area (Å²) in [7, 11) is 0. The summed E-state index contributed by atoms with van der Waals surface area (Å²) >= 11 is 0. The van der Waals surface area contributed by atoms with Crippen LogP contribution in [0.2, 0.25) is 0 Å². The zero-order chi connectivity index (χ0) is 18.9. The van der Waals surface area contributed by atoms with E-state index in [1.165, 1.54) is 0 Å². The van der Waals surface area contributed by atoms with Crippen molar-refractivity contribution in [2.45, 2.75) is 46.6 Å². The predicted octanol–water partition coefficient (Wildman–Crippen LogP) is 2.81. The molecule has 1 atom stereocenters. The molecule has 5 nitrogen and oxygen atoms in total. The minimum absolute atomic E-state index is 0.0568. The molecule has 1 aliphatic heterocycles. The summed E-state index contributed by atoms with van der Waals surface area (Å²) in [6, 6.07) is 7.54. The maximum atomic E-state index is 12.3. The zero-order valence-electron chi connectivity index (χ0n) is 16.4. The van der Waals surface area contributed by atoms with Gasteiger partial charge in [-0.3, -0.25) is 9.59 Å². The fraction of sp³-hybridized carbons (Fsp3) is 0.619. The third kappa shape index (κ3) is 5.84. The Kier molecular flexibility index (Phi) is 8.10. The third-order valence-corrected chi connectivity index (χ3v) is 5.44. The standard InChI is InChI=1S/C21H33N3O2/c1-4-24(5-2)21(26)19-8-6-17(7-9-19)15-23-20(25)14-16(3)18-10-12-22-13-11-18/h6-9,16,18,22H,4-5,10-15H2,1-3H3,(H,23,25). The lowest BCUT2D eigenvalue weighted by atomic mass is 9.84. The first-order valence-corrected chi connectivity index (χ1v) is 9.90. The summed E-state index contributed by atoms with van der Waals surface area (Å²) in [5.41, 5.74) is 1.72. The van der Waals surface area contributed by atoms with Crippen molar-refractivity contribution in [3.05, 3.63) is 35.4 Å². The number of rotatable bonds is 8. The van der Waals surface area contributed by atoms with Crippen LogP contribution >= 0.6 is 0 Å². The highest BCUT2D eigenvalue weighted by Crippen LogP contribution is 2.24. The first-order chi connectivity index (χ1) is 12.5. The average molecular weight is 360 g/mol. The first-order valence-electron chi connectivity index (χ1n) is 9.90. The molecular weight excluding hydrogens is 326 g/mol. The van der Waals surface area contributed by atoms with Gasteiger partial charge in [0.1, 0.15) is 0 Å². The summed E-state index contributed by atoms with van der Waals surface area (Å²) in [5, 5.41) is 6.38. The largest absolute Gasteiger partial charge is 0.352 e. The minimum atomic E-state index is 0.0568. The fourth-order valence-electron chi connectivity index (χ4n) is 3.60. The second kappa shape index (κ2) is 10.3. The van der Waals surface area contributed by atoms with Crippen molar-refractivity contribution in [3.8, 4) is 0 Å².